The van der Waals surface area contributed by atoms with E-state index in [1.165, 1.54) is 13.1 Å². The molecule has 16 heavy (non-hydrogen) atoms. The fraction of sp³-hybridized carbons (Fsp3) is 0.267. The standard InChI is InChI=1S/C15H17N/c1-11(2)14-10-16-15(9-12(14)3)13-7-5-4-6-8-13/h4-11H,1-3H3/i1D3,11D. The SMILES string of the molecule is [2H]C([2H])([2H])C([2H])(C)c1cnc(-c2ccccc2)cc1C. The Bertz CT molecular complexity index is 603. The number of nitrogens with zero attached hydrogens (tertiary/aromatic N) is 1. The zero-order valence-corrected chi connectivity index (χ0v) is 9.49. The van der Waals surface area contributed by atoms with Crippen LogP contribution in [0.15, 0.2) is 42.6 Å². The van der Waals surface area contributed by atoms with E-state index >= 15 is 0 Å². The maximum Gasteiger partial charge on any atom is 0.0704 e. The van der Waals surface area contributed by atoms with Gasteiger partial charge in [-0.15, -0.1) is 0 Å². The van der Waals surface area contributed by atoms with Crippen LogP contribution in [0, 0.1) is 6.92 Å². The van der Waals surface area contributed by atoms with Crippen molar-refractivity contribution in [3.8, 4) is 11.3 Å². The third-order valence-electron chi connectivity index (χ3n) is 2.58. The first kappa shape index (κ1) is 6.85. The second-order valence-corrected chi connectivity index (χ2v) is 3.88. The molecule has 2 aromatic rings. The van der Waals surface area contributed by atoms with E-state index in [0.29, 0.717) is 5.56 Å². The molecule has 0 N–H and O–H groups in total. The predicted molar refractivity (Wildman–Crippen MR) is 68.5 cm³/mol. The maximum atomic E-state index is 8.13. The highest BCUT2D eigenvalue weighted by Crippen LogP contribution is 2.23. The van der Waals surface area contributed by atoms with Gasteiger partial charge in [0.25, 0.3) is 0 Å². The van der Waals surface area contributed by atoms with Gasteiger partial charge in [-0.1, -0.05) is 44.1 Å². The Morgan fingerprint density at radius 1 is 1.31 bits per heavy atom. The van der Waals surface area contributed by atoms with Crippen molar-refractivity contribution in [2.24, 2.45) is 0 Å². The van der Waals surface area contributed by atoms with Gasteiger partial charge in [0.15, 0.2) is 0 Å². The van der Waals surface area contributed by atoms with Gasteiger partial charge in [0.1, 0.15) is 0 Å². The van der Waals surface area contributed by atoms with Crippen LogP contribution >= 0.6 is 0 Å². The summed E-state index contributed by atoms with van der Waals surface area (Å²) in [5.74, 6) is -1.65. The molecule has 0 aliphatic carbocycles. The molecule has 1 heterocycles. The minimum absolute atomic E-state index is 0.442. The molecule has 1 nitrogen and oxygen atoms in total. The van der Waals surface area contributed by atoms with Crippen molar-refractivity contribution in [1.82, 2.24) is 4.98 Å². The number of hydrogen-bond acceptors (Lipinski definition) is 1. The van der Waals surface area contributed by atoms with Crippen molar-refractivity contribution in [2.45, 2.75) is 26.6 Å². The lowest BCUT2D eigenvalue weighted by molar-refractivity contribution is 0.848. The van der Waals surface area contributed by atoms with Gasteiger partial charge in [-0.2, -0.15) is 0 Å². The molecule has 0 amide bonds. The van der Waals surface area contributed by atoms with Gasteiger partial charge < -0.3 is 0 Å². The highest BCUT2D eigenvalue weighted by atomic mass is 14.7. The zero-order chi connectivity index (χ0) is 15.0. The molecule has 1 atom stereocenters. The predicted octanol–water partition coefficient (Wildman–Crippen LogP) is 4.18. The van der Waals surface area contributed by atoms with E-state index in [2.05, 4.69) is 4.98 Å². The zero-order valence-electron chi connectivity index (χ0n) is 13.5. The first-order valence-corrected chi connectivity index (χ1v) is 5.26. The summed E-state index contributed by atoms with van der Waals surface area (Å²) in [5, 5.41) is 0. The third-order valence-corrected chi connectivity index (χ3v) is 2.58. The highest BCUT2D eigenvalue weighted by Gasteiger charge is 2.06. The molecule has 2 rings (SSSR count). The third kappa shape index (κ3) is 2.13. The van der Waals surface area contributed by atoms with Crippen LogP contribution in [-0.2, 0) is 0 Å². The summed E-state index contributed by atoms with van der Waals surface area (Å²) in [4.78, 5) is 4.32. The van der Waals surface area contributed by atoms with Crippen LogP contribution < -0.4 is 0 Å². The average Bonchev–Trinajstić information content (AvgIpc) is 2.38. The van der Waals surface area contributed by atoms with E-state index in [4.69, 9.17) is 5.48 Å². The maximum absolute atomic E-state index is 8.13. The number of aryl methyl sites for hydroxylation is 1. The number of hydrogen-bond donors (Lipinski definition) is 0. The van der Waals surface area contributed by atoms with E-state index in [1.54, 1.807) is 0 Å². The van der Waals surface area contributed by atoms with E-state index in [1.807, 2.05) is 43.3 Å². The van der Waals surface area contributed by atoms with Crippen molar-refractivity contribution in [3.63, 3.8) is 0 Å². The number of aromatic nitrogens is 1. The van der Waals surface area contributed by atoms with Crippen molar-refractivity contribution < 1.29 is 5.48 Å². The van der Waals surface area contributed by atoms with Crippen molar-refractivity contribution >= 4 is 0 Å². The van der Waals surface area contributed by atoms with Crippen LogP contribution in [0.25, 0.3) is 11.3 Å². The van der Waals surface area contributed by atoms with Gasteiger partial charge in [0.2, 0.25) is 0 Å². The topological polar surface area (TPSA) is 12.9 Å². The monoisotopic (exact) mass is 215 g/mol. The number of benzene rings is 1. The van der Waals surface area contributed by atoms with Gasteiger partial charge in [-0.25, -0.2) is 0 Å². The summed E-state index contributed by atoms with van der Waals surface area (Å²) in [6.45, 7) is 0.849. The molecule has 0 radical (unpaired) electrons. The molecular formula is C15H17N. The molecule has 0 fully saturated rings. The van der Waals surface area contributed by atoms with Crippen LogP contribution in [-0.4, -0.2) is 4.98 Å². The molecular weight excluding hydrogens is 194 g/mol. The normalized spacial score (nSPS) is 18.9. The van der Waals surface area contributed by atoms with Crippen LogP contribution in [0.5, 0.6) is 0 Å². The minimum atomic E-state index is -2.38. The Balaban J connectivity index is 2.47. The Kier molecular flexibility index (Phi) is 1.92. The van der Waals surface area contributed by atoms with Crippen LogP contribution in [0.2, 0.25) is 0 Å². The molecule has 0 aliphatic rings. The van der Waals surface area contributed by atoms with Gasteiger partial charge in [-0.3, -0.25) is 4.98 Å². The van der Waals surface area contributed by atoms with Gasteiger partial charge in [0, 0.05) is 17.2 Å². The quantitative estimate of drug-likeness (QED) is 0.732. The second-order valence-electron chi connectivity index (χ2n) is 3.88. The van der Waals surface area contributed by atoms with E-state index in [-0.39, 0.29) is 0 Å². The lowest BCUT2D eigenvalue weighted by Gasteiger charge is -2.10. The molecule has 0 saturated heterocycles. The second kappa shape index (κ2) is 4.48. The smallest absolute Gasteiger partial charge is 0.0704 e. The Morgan fingerprint density at radius 2 is 2.06 bits per heavy atom. The summed E-state index contributed by atoms with van der Waals surface area (Å²) in [5.41, 5.74) is 2.97. The van der Waals surface area contributed by atoms with Gasteiger partial charge in [0.05, 0.1) is 5.69 Å². The molecule has 1 unspecified atom stereocenters. The van der Waals surface area contributed by atoms with Crippen molar-refractivity contribution in [2.75, 3.05) is 0 Å². The largest absolute Gasteiger partial charge is 0.256 e. The minimum Gasteiger partial charge on any atom is -0.256 e. The molecule has 0 bridgehead atoms. The van der Waals surface area contributed by atoms with Crippen LogP contribution in [0.3, 0.4) is 0 Å². The molecule has 82 valence electrons. The summed E-state index contributed by atoms with van der Waals surface area (Å²) in [6.07, 6.45) is 1.51. The van der Waals surface area contributed by atoms with Crippen LogP contribution in [0.1, 0.15) is 36.3 Å². The molecule has 0 saturated carbocycles. The molecule has 1 heteroatoms. The Labute approximate surface area is 103 Å². The molecule has 1 aromatic heterocycles. The molecule has 1 aromatic carbocycles. The summed E-state index contributed by atoms with van der Waals surface area (Å²) >= 11 is 0. The van der Waals surface area contributed by atoms with E-state index in [0.717, 1.165) is 16.8 Å². The average molecular weight is 215 g/mol. The number of rotatable bonds is 2. The van der Waals surface area contributed by atoms with Crippen LogP contribution in [0.4, 0.5) is 0 Å². The fourth-order valence-corrected chi connectivity index (χ4v) is 1.72. The lowest BCUT2D eigenvalue weighted by Crippen LogP contribution is -1.95. The lowest BCUT2D eigenvalue weighted by atomic mass is 9.99. The fourth-order valence-electron chi connectivity index (χ4n) is 1.72. The van der Waals surface area contributed by atoms with E-state index in [9.17, 15) is 0 Å². The van der Waals surface area contributed by atoms with Crippen molar-refractivity contribution in [3.05, 3.63) is 53.7 Å². The molecule has 0 aliphatic heterocycles. The Hall–Kier alpha value is -1.63. The number of pyridine rings is 1. The van der Waals surface area contributed by atoms with Crippen molar-refractivity contribution in [1.29, 1.82) is 0 Å². The molecule has 0 spiro atoms. The summed E-state index contributed by atoms with van der Waals surface area (Å²) in [7, 11) is 0. The van der Waals surface area contributed by atoms with Gasteiger partial charge >= 0.3 is 0 Å². The summed E-state index contributed by atoms with van der Waals surface area (Å²) < 4.78 is 30.6. The van der Waals surface area contributed by atoms with Gasteiger partial charge in [-0.05, 0) is 30.0 Å². The summed E-state index contributed by atoms with van der Waals surface area (Å²) in [6, 6.07) is 11.5. The Morgan fingerprint density at radius 3 is 2.69 bits per heavy atom. The first-order chi connectivity index (χ1) is 9.23. The highest BCUT2D eigenvalue weighted by molar-refractivity contribution is 5.60. The first-order valence-electron chi connectivity index (χ1n) is 7.26. The van der Waals surface area contributed by atoms with E-state index < -0.39 is 12.7 Å².